The maximum atomic E-state index is 12.3. The van der Waals surface area contributed by atoms with E-state index in [-0.39, 0.29) is 35.7 Å². The molecule has 0 atom stereocenters. The molecular formula is C35H45NO4. The number of methoxy groups -OCH3 is 1. The summed E-state index contributed by atoms with van der Waals surface area (Å²) in [6, 6.07) is 20.8. The van der Waals surface area contributed by atoms with Crippen LogP contribution >= 0.6 is 0 Å². The van der Waals surface area contributed by atoms with E-state index in [0.717, 1.165) is 18.6 Å². The number of benzene rings is 3. The molecule has 1 amide bonds. The Bertz CT molecular complexity index is 1280. The highest BCUT2D eigenvalue weighted by molar-refractivity contribution is 5.94. The lowest BCUT2D eigenvalue weighted by Gasteiger charge is -2.25. The zero-order chi connectivity index (χ0) is 29.5. The molecule has 0 unspecified atom stereocenters. The van der Waals surface area contributed by atoms with Crippen LogP contribution in [0.2, 0.25) is 0 Å². The predicted octanol–water partition coefficient (Wildman–Crippen LogP) is 7.60. The topological polar surface area (TPSA) is 64.6 Å². The summed E-state index contributed by atoms with van der Waals surface area (Å²) in [6.45, 7) is 16.3. The third-order valence-corrected chi connectivity index (χ3v) is 7.32. The molecule has 5 heteroatoms. The number of carbonyl (C=O) groups excluding carboxylic acids is 2. The number of esters is 1. The maximum Gasteiger partial charge on any atom is 0.307 e. The molecule has 0 aromatic heterocycles. The summed E-state index contributed by atoms with van der Waals surface area (Å²) >= 11 is 0. The first kappa shape index (κ1) is 30.9. The molecule has 3 rings (SSSR count). The van der Waals surface area contributed by atoms with Crippen molar-refractivity contribution in [1.29, 1.82) is 0 Å². The first-order chi connectivity index (χ1) is 18.8. The summed E-state index contributed by atoms with van der Waals surface area (Å²) in [5, 5.41) is 2.74. The first-order valence-corrected chi connectivity index (χ1v) is 14.1. The van der Waals surface area contributed by atoms with E-state index in [2.05, 4.69) is 94.9 Å². The number of carbonyl (C=O) groups is 2. The minimum atomic E-state index is -0.341. The molecule has 0 aliphatic carbocycles. The number of ether oxygens (including phenoxy) is 2. The van der Waals surface area contributed by atoms with Gasteiger partial charge in [-0.05, 0) is 95.2 Å². The van der Waals surface area contributed by atoms with Gasteiger partial charge in [0.2, 0.25) is 0 Å². The van der Waals surface area contributed by atoms with Crippen LogP contribution in [-0.4, -0.2) is 32.1 Å². The van der Waals surface area contributed by atoms with Crippen LogP contribution in [0.15, 0.2) is 60.7 Å². The molecule has 3 aromatic rings. The molecule has 0 saturated carbocycles. The van der Waals surface area contributed by atoms with Gasteiger partial charge in [-0.2, -0.15) is 0 Å². The quantitative estimate of drug-likeness (QED) is 0.253. The van der Waals surface area contributed by atoms with Crippen molar-refractivity contribution < 1.29 is 19.1 Å². The largest absolute Gasteiger partial charge is 0.493 e. The number of amides is 1. The van der Waals surface area contributed by atoms with Crippen LogP contribution in [0.5, 0.6) is 5.75 Å². The molecule has 214 valence electrons. The molecule has 0 heterocycles. The van der Waals surface area contributed by atoms with Gasteiger partial charge in [0.05, 0.1) is 20.1 Å². The van der Waals surface area contributed by atoms with Crippen molar-refractivity contribution in [1.82, 2.24) is 5.32 Å². The highest BCUT2D eigenvalue weighted by Crippen LogP contribution is 2.34. The number of hydrogen-bond donors (Lipinski definition) is 1. The van der Waals surface area contributed by atoms with E-state index in [1.807, 2.05) is 24.3 Å². The smallest absolute Gasteiger partial charge is 0.307 e. The lowest BCUT2D eigenvalue weighted by molar-refractivity contribution is -0.140. The van der Waals surface area contributed by atoms with Gasteiger partial charge < -0.3 is 14.8 Å². The Hall–Kier alpha value is -3.60. The summed E-state index contributed by atoms with van der Waals surface area (Å²) in [5.74, 6) is 0.370. The van der Waals surface area contributed by atoms with E-state index in [4.69, 9.17) is 4.74 Å². The van der Waals surface area contributed by atoms with Crippen LogP contribution in [0.4, 0.5) is 0 Å². The molecular weight excluding hydrogens is 498 g/mol. The normalized spacial score (nSPS) is 11.7. The van der Waals surface area contributed by atoms with Crippen molar-refractivity contribution in [3.05, 3.63) is 88.5 Å². The average Bonchev–Trinajstić information content (AvgIpc) is 2.90. The van der Waals surface area contributed by atoms with Gasteiger partial charge >= 0.3 is 5.97 Å². The Kier molecular flexibility index (Phi) is 10.2. The third kappa shape index (κ3) is 8.70. The van der Waals surface area contributed by atoms with Crippen molar-refractivity contribution in [2.75, 3.05) is 20.3 Å². The molecule has 0 bridgehead atoms. The van der Waals surface area contributed by atoms with Gasteiger partial charge in [0.1, 0.15) is 5.75 Å². The zero-order valence-corrected chi connectivity index (χ0v) is 25.4. The molecule has 0 fully saturated rings. The number of aryl methyl sites for hydroxylation is 3. The second-order valence-corrected chi connectivity index (χ2v) is 12.5. The van der Waals surface area contributed by atoms with Crippen LogP contribution in [0.3, 0.4) is 0 Å². The van der Waals surface area contributed by atoms with Gasteiger partial charge in [-0.1, -0.05) is 71.0 Å². The monoisotopic (exact) mass is 543 g/mol. The van der Waals surface area contributed by atoms with Crippen molar-refractivity contribution in [3.63, 3.8) is 0 Å². The third-order valence-electron chi connectivity index (χ3n) is 7.32. The van der Waals surface area contributed by atoms with E-state index in [1.165, 1.54) is 40.5 Å². The van der Waals surface area contributed by atoms with Gasteiger partial charge in [-0.3, -0.25) is 9.59 Å². The van der Waals surface area contributed by atoms with Crippen LogP contribution in [0.25, 0.3) is 11.1 Å². The Labute approximate surface area is 240 Å². The maximum absolute atomic E-state index is 12.3. The summed E-state index contributed by atoms with van der Waals surface area (Å²) in [4.78, 5) is 23.5. The predicted molar refractivity (Wildman–Crippen MR) is 163 cm³/mol. The van der Waals surface area contributed by atoms with Crippen molar-refractivity contribution in [2.45, 2.75) is 73.1 Å². The van der Waals surface area contributed by atoms with Crippen LogP contribution < -0.4 is 10.1 Å². The highest BCUT2D eigenvalue weighted by Gasteiger charge is 2.20. The second-order valence-electron chi connectivity index (χ2n) is 12.5. The van der Waals surface area contributed by atoms with E-state index >= 15 is 0 Å². The lowest BCUT2D eigenvalue weighted by atomic mass is 9.85. The molecule has 0 radical (unpaired) electrons. The van der Waals surface area contributed by atoms with Crippen LogP contribution in [0, 0.1) is 19.3 Å². The fourth-order valence-corrected chi connectivity index (χ4v) is 4.74. The summed E-state index contributed by atoms with van der Waals surface area (Å²) < 4.78 is 10.9. The molecule has 0 aliphatic heterocycles. The highest BCUT2D eigenvalue weighted by atomic mass is 16.5. The fraction of sp³-hybridized carbons (Fsp3) is 0.429. The Balaban J connectivity index is 1.55. The number of rotatable bonds is 11. The van der Waals surface area contributed by atoms with Crippen molar-refractivity contribution >= 4 is 11.9 Å². The van der Waals surface area contributed by atoms with Crippen LogP contribution in [-0.2, 0) is 21.4 Å². The second kappa shape index (κ2) is 13.2. The Morgan fingerprint density at radius 3 is 2.00 bits per heavy atom. The Morgan fingerprint density at radius 1 is 0.850 bits per heavy atom. The number of hydrogen-bond acceptors (Lipinski definition) is 4. The minimum Gasteiger partial charge on any atom is -0.493 e. The number of nitrogens with one attached hydrogen (secondary N) is 1. The fourth-order valence-electron chi connectivity index (χ4n) is 4.74. The van der Waals surface area contributed by atoms with Gasteiger partial charge in [-0.25, -0.2) is 0 Å². The zero-order valence-electron chi connectivity index (χ0n) is 25.4. The van der Waals surface area contributed by atoms with E-state index in [9.17, 15) is 9.59 Å². The molecule has 0 aliphatic rings. The molecule has 5 nitrogen and oxygen atoms in total. The first-order valence-electron chi connectivity index (χ1n) is 14.1. The molecule has 0 saturated heterocycles. The summed E-state index contributed by atoms with van der Waals surface area (Å²) in [7, 11) is 1.34. The molecule has 3 aromatic carbocycles. The van der Waals surface area contributed by atoms with Crippen LogP contribution in [0.1, 0.15) is 80.1 Å². The standard InChI is InChI=1S/C35H45NO4/c1-24-21-30(22-25(2)32(24)27-13-15-29(16-14-27)34(3,4)5)40-23-35(6,7)19-17-26-9-11-28(12-10-26)33(38)36-20-18-31(37)39-8/h9-16,21-22H,17-20,23H2,1-8H3,(H,36,38). The van der Waals surface area contributed by atoms with Gasteiger partial charge in [0.15, 0.2) is 0 Å². The SMILES string of the molecule is COC(=O)CCNC(=O)c1ccc(CCC(C)(C)COc2cc(C)c(-c3ccc(C(C)(C)C)cc3)c(C)c2)cc1. The van der Waals surface area contributed by atoms with Crippen molar-refractivity contribution in [2.24, 2.45) is 5.41 Å². The summed E-state index contributed by atoms with van der Waals surface area (Å²) in [6.07, 6.45) is 2.00. The van der Waals surface area contributed by atoms with E-state index in [0.29, 0.717) is 12.2 Å². The van der Waals surface area contributed by atoms with E-state index in [1.54, 1.807) is 0 Å². The molecule has 1 N–H and O–H groups in total. The molecule has 40 heavy (non-hydrogen) atoms. The van der Waals surface area contributed by atoms with Crippen molar-refractivity contribution in [3.8, 4) is 16.9 Å². The van der Waals surface area contributed by atoms with Gasteiger partial charge in [0, 0.05) is 12.1 Å². The van der Waals surface area contributed by atoms with Gasteiger partial charge in [-0.15, -0.1) is 0 Å². The lowest BCUT2D eigenvalue weighted by Crippen LogP contribution is -2.26. The molecule has 0 spiro atoms. The average molecular weight is 544 g/mol. The minimum absolute atomic E-state index is 0.0206. The Morgan fingerprint density at radius 2 is 1.45 bits per heavy atom. The van der Waals surface area contributed by atoms with Gasteiger partial charge in [0.25, 0.3) is 5.91 Å². The van der Waals surface area contributed by atoms with E-state index < -0.39 is 0 Å². The summed E-state index contributed by atoms with van der Waals surface area (Å²) in [5.41, 5.74) is 8.14.